The van der Waals surface area contributed by atoms with Crippen LogP contribution in [0.3, 0.4) is 0 Å². The number of hydrogen-bond donors (Lipinski definition) is 1. The quantitative estimate of drug-likeness (QED) is 0.883. The number of methoxy groups -OCH3 is 1. The minimum atomic E-state index is -0.316. The number of anilines is 1. The second-order valence-electron chi connectivity index (χ2n) is 5.18. The van der Waals surface area contributed by atoms with Gasteiger partial charge in [-0.2, -0.15) is 0 Å². The van der Waals surface area contributed by atoms with Crippen molar-refractivity contribution in [1.29, 1.82) is 0 Å². The molecule has 1 aliphatic rings. The molecule has 6 nitrogen and oxygen atoms in total. The van der Waals surface area contributed by atoms with Crippen LogP contribution in [-0.2, 0) is 14.3 Å². The van der Waals surface area contributed by atoms with Gasteiger partial charge in [-0.3, -0.25) is 4.79 Å². The molecule has 24 heavy (non-hydrogen) atoms. The fraction of sp³-hybridized carbons (Fsp3) is 0.278. The average molecular weight is 329 g/mol. The molecule has 0 aliphatic carbocycles. The second kappa shape index (κ2) is 7.81. The molecule has 2 aromatic carbocycles. The van der Waals surface area contributed by atoms with Crippen LogP contribution in [0.15, 0.2) is 48.5 Å². The first-order chi connectivity index (χ1) is 11.8. The molecule has 1 saturated heterocycles. The monoisotopic (exact) mass is 329 g/mol. The summed E-state index contributed by atoms with van der Waals surface area (Å²) in [5.41, 5.74) is 1.61. The molecule has 1 amide bonds. The molecular weight excluding hydrogens is 310 g/mol. The molecule has 0 aromatic heterocycles. The number of ether oxygens (including phenoxy) is 4. The summed E-state index contributed by atoms with van der Waals surface area (Å²) in [7, 11) is 1.56. The molecule has 2 aromatic rings. The van der Waals surface area contributed by atoms with E-state index in [1.807, 2.05) is 24.3 Å². The lowest BCUT2D eigenvalue weighted by Gasteiger charge is -2.12. The van der Waals surface area contributed by atoms with Crippen LogP contribution in [0.1, 0.15) is 11.9 Å². The first-order valence-corrected chi connectivity index (χ1v) is 7.65. The Balaban J connectivity index is 1.53. The third-order valence-electron chi connectivity index (χ3n) is 3.52. The number of benzene rings is 2. The van der Waals surface area contributed by atoms with Gasteiger partial charge in [-0.1, -0.05) is 24.3 Å². The fourth-order valence-corrected chi connectivity index (χ4v) is 2.35. The first-order valence-electron chi connectivity index (χ1n) is 7.65. The van der Waals surface area contributed by atoms with Crippen molar-refractivity contribution >= 4 is 11.6 Å². The van der Waals surface area contributed by atoms with Crippen molar-refractivity contribution in [3.63, 3.8) is 0 Å². The fourth-order valence-electron chi connectivity index (χ4n) is 2.35. The van der Waals surface area contributed by atoms with Gasteiger partial charge in [0.15, 0.2) is 24.4 Å². The molecule has 0 atom stereocenters. The van der Waals surface area contributed by atoms with Gasteiger partial charge in [0.25, 0.3) is 5.91 Å². The molecule has 3 rings (SSSR count). The van der Waals surface area contributed by atoms with E-state index in [9.17, 15) is 4.79 Å². The molecular formula is C18H19NO5. The van der Waals surface area contributed by atoms with E-state index in [2.05, 4.69) is 5.32 Å². The zero-order valence-corrected chi connectivity index (χ0v) is 13.4. The Bertz CT molecular complexity index is 680. The van der Waals surface area contributed by atoms with Crippen molar-refractivity contribution in [3.05, 3.63) is 54.1 Å². The van der Waals surface area contributed by atoms with Crippen LogP contribution in [0, 0.1) is 0 Å². The summed E-state index contributed by atoms with van der Waals surface area (Å²) in [6.07, 6.45) is -0.316. The van der Waals surface area contributed by atoms with E-state index in [0.717, 1.165) is 5.56 Å². The number of nitrogens with one attached hydrogen (secondary N) is 1. The minimum absolute atomic E-state index is 0.100. The number of amides is 1. The van der Waals surface area contributed by atoms with Crippen LogP contribution in [-0.4, -0.2) is 32.8 Å². The largest absolute Gasteiger partial charge is 0.493 e. The number of carbonyl (C=O) groups is 1. The third kappa shape index (κ3) is 4.04. The molecule has 1 heterocycles. The summed E-state index contributed by atoms with van der Waals surface area (Å²) in [5.74, 6) is 0.870. The maximum atomic E-state index is 12.0. The van der Waals surface area contributed by atoms with Crippen LogP contribution in [0.5, 0.6) is 11.5 Å². The van der Waals surface area contributed by atoms with Gasteiger partial charge < -0.3 is 24.3 Å². The Morgan fingerprint density at radius 1 is 1.08 bits per heavy atom. The van der Waals surface area contributed by atoms with Gasteiger partial charge in [0.2, 0.25) is 0 Å². The lowest BCUT2D eigenvalue weighted by Crippen LogP contribution is -2.20. The molecule has 1 N–H and O–H groups in total. The van der Waals surface area contributed by atoms with Gasteiger partial charge in [-0.15, -0.1) is 0 Å². The van der Waals surface area contributed by atoms with E-state index in [4.69, 9.17) is 18.9 Å². The molecule has 1 aliphatic heterocycles. The topological polar surface area (TPSA) is 66.0 Å². The first kappa shape index (κ1) is 16.3. The van der Waals surface area contributed by atoms with Gasteiger partial charge in [-0.25, -0.2) is 0 Å². The molecule has 0 unspecified atom stereocenters. The van der Waals surface area contributed by atoms with Gasteiger partial charge in [-0.05, 0) is 24.3 Å². The maximum Gasteiger partial charge on any atom is 0.262 e. The molecule has 0 radical (unpaired) electrons. The van der Waals surface area contributed by atoms with E-state index in [1.54, 1.807) is 31.4 Å². The SMILES string of the molecule is COc1ccccc1OCC(=O)Nc1ccc(C2OCCO2)cc1. The van der Waals surface area contributed by atoms with Crippen molar-refractivity contribution in [1.82, 2.24) is 0 Å². The van der Waals surface area contributed by atoms with Gasteiger partial charge in [0.05, 0.1) is 20.3 Å². The lowest BCUT2D eigenvalue weighted by molar-refractivity contribution is -0.118. The highest BCUT2D eigenvalue weighted by Gasteiger charge is 2.17. The molecule has 0 bridgehead atoms. The van der Waals surface area contributed by atoms with E-state index in [-0.39, 0.29) is 18.8 Å². The highest BCUT2D eigenvalue weighted by atomic mass is 16.7. The van der Waals surface area contributed by atoms with Crippen LogP contribution < -0.4 is 14.8 Å². The number of hydrogen-bond acceptors (Lipinski definition) is 5. The molecule has 126 valence electrons. The highest BCUT2D eigenvalue weighted by molar-refractivity contribution is 5.91. The zero-order valence-electron chi connectivity index (χ0n) is 13.4. The summed E-state index contributed by atoms with van der Waals surface area (Å²) in [6, 6.07) is 14.5. The smallest absolute Gasteiger partial charge is 0.262 e. The lowest BCUT2D eigenvalue weighted by atomic mass is 10.2. The van der Waals surface area contributed by atoms with E-state index < -0.39 is 0 Å². The Morgan fingerprint density at radius 2 is 1.75 bits per heavy atom. The Kier molecular flexibility index (Phi) is 5.30. The predicted molar refractivity (Wildman–Crippen MR) is 88.2 cm³/mol. The van der Waals surface area contributed by atoms with Gasteiger partial charge >= 0.3 is 0 Å². The predicted octanol–water partition coefficient (Wildman–Crippen LogP) is 2.76. The maximum absolute atomic E-state index is 12.0. The van der Waals surface area contributed by atoms with Gasteiger partial charge in [0.1, 0.15) is 0 Å². The van der Waals surface area contributed by atoms with Crippen molar-refractivity contribution < 1.29 is 23.7 Å². The van der Waals surface area contributed by atoms with E-state index in [1.165, 1.54) is 0 Å². The Labute approximate surface area is 140 Å². The van der Waals surface area contributed by atoms with Gasteiger partial charge in [0, 0.05) is 11.3 Å². The Hall–Kier alpha value is -2.57. The number of rotatable bonds is 6. The van der Waals surface area contributed by atoms with Crippen LogP contribution in [0.4, 0.5) is 5.69 Å². The number of carbonyl (C=O) groups excluding carboxylic acids is 1. The zero-order chi connectivity index (χ0) is 16.8. The summed E-state index contributed by atoms with van der Waals surface area (Å²) in [4.78, 5) is 12.0. The van der Waals surface area contributed by atoms with Crippen LogP contribution in [0.25, 0.3) is 0 Å². The molecule has 0 spiro atoms. The standard InChI is InChI=1S/C18H19NO5/c1-21-15-4-2-3-5-16(15)24-12-17(20)19-14-8-6-13(7-9-14)18-22-10-11-23-18/h2-9,18H,10-12H2,1H3,(H,19,20). The van der Waals surface area contributed by atoms with E-state index >= 15 is 0 Å². The second-order valence-corrected chi connectivity index (χ2v) is 5.18. The summed E-state index contributed by atoms with van der Waals surface area (Å²) in [5, 5.41) is 2.78. The van der Waals surface area contributed by atoms with E-state index in [0.29, 0.717) is 30.4 Å². The van der Waals surface area contributed by atoms with Crippen LogP contribution in [0.2, 0.25) is 0 Å². The molecule has 6 heteroatoms. The summed E-state index contributed by atoms with van der Waals surface area (Å²) >= 11 is 0. The highest BCUT2D eigenvalue weighted by Crippen LogP contribution is 2.26. The van der Waals surface area contributed by atoms with Crippen LogP contribution >= 0.6 is 0 Å². The van der Waals surface area contributed by atoms with Crippen molar-refractivity contribution in [2.45, 2.75) is 6.29 Å². The van der Waals surface area contributed by atoms with Crippen molar-refractivity contribution in [2.75, 3.05) is 32.2 Å². The summed E-state index contributed by atoms with van der Waals surface area (Å²) in [6.45, 7) is 1.10. The Morgan fingerprint density at radius 3 is 2.42 bits per heavy atom. The van der Waals surface area contributed by atoms with Crippen molar-refractivity contribution in [3.8, 4) is 11.5 Å². The number of para-hydroxylation sites is 2. The molecule has 1 fully saturated rings. The third-order valence-corrected chi connectivity index (χ3v) is 3.52. The van der Waals surface area contributed by atoms with Crippen molar-refractivity contribution in [2.24, 2.45) is 0 Å². The molecule has 0 saturated carbocycles. The minimum Gasteiger partial charge on any atom is -0.493 e. The summed E-state index contributed by atoms with van der Waals surface area (Å²) < 4.78 is 21.5. The average Bonchev–Trinajstić information content (AvgIpc) is 3.15. The normalized spacial score (nSPS) is 14.4.